The number of nitrogen functional groups attached to an aromatic ring is 1. The van der Waals surface area contributed by atoms with E-state index in [0.29, 0.717) is 17.9 Å². The Morgan fingerprint density at radius 3 is 2.65 bits per heavy atom. The zero-order valence-electron chi connectivity index (χ0n) is 12.0. The van der Waals surface area contributed by atoms with E-state index >= 15 is 0 Å². The van der Waals surface area contributed by atoms with Crippen LogP contribution in [0.25, 0.3) is 0 Å². The third-order valence-electron chi connectivity index (χ3n) is 4.08. The second kappa shape index (κ2) is 5.12. The monoisotopic (exact) mass is 268 g/mol. The molecule has 20 heavy (non-hydrogen) atoms. The molecule has 4 nitrogen and oxygen atoms in total. The van der Waals surface area contributed by atoms with Crippen LogP contribution < -0.4 is 10.6 Å². The summed E-state index contributed by atoms with van der Waals surface area (Å²) in [5.74, 6) is 1.83. The summed E-state index contributed by atoms with van der Waals surface area (Å²) in [7, 11) is 0. The molecule has 0 spiro atoms. The van der Waals surface area contributed by atoms with Crippen molar-refractivity contribution in [1.82, 2.24) is 9.97 Å². The van der Waals surface area contributed by atoms with Crippen LogP contribution in [-0.2, 0) is 0 Å². The van der Waals surface area contributed by atoms with Crippen LogP contribution in [0, 0.1) is 6.92 Å². The highest BCUT2D eigenvalue weighted by Crippen LogP contribution is 2.34. The smallest absolute Gasteiger partial charge is 0.221 e. The summed E-state index contributed by atoms with van der Waals surface area (Å²) in [6, 6.07) is 11.3. The molecule has 1 aliphatic heterocycles. The van der Waals surface area contributed by atoms with E-state index in [1.54, 1.807) is 6.20 Å². The molecular weight excluding hydrogens is 248 g/mol. The predicted molar refractivity (Wildman–Crippen MR) is 81.8 cm³/mol. The van der Waals surface area contributed by atoms with Crippen molar-refractivity contribution >= 4 is 11.8 Å². The Hall–Kier alpha value is -2.10. The number of anilines is 2. The first-order valence-electron chi connectivity index (χ1n) is 7.05. The lowest BCUT2D eigenvalue weighted by Crippen LogP contribution is -2.27. The lowest BCUT2D eigenvalue weighted by molar-refractivity contribution is 0.696. The molecule has 4 heteroatoms. The summed E-state index contributed by atoms with van der Waals surface area (Å²) in [6.07, 6.45) is 2.87. The van der Waals surface area contributed by atoms with Crippen LogP contribution in [0.4, 0.5) is 11.8 Å². The second-order valence-corrected chi connectivity index (χ2v) is 5.62. The van der Waals surface area contributed by atoms with Crippen molar-refractivity contribution in [2.24, 2.45) is 0 Å². The molecule has 1 fully saturated rings. The zero-order chi connectivity index (χ0) is 14.1. The minimum Gasteiger partial charge on any atom is -0.368 e. The molecule has 3 rings (SSSR count). The average Bonchev–Trinajstić information content (AvgIpc) is 2.82. The van der Waals surface area contributed by atoms with E-state index in [1.807, 2.05) is 6.07 Å². The molecule has 0 saturated carbocycles. The topological polar surface area (TPSA) is 55.0 Å². The molecule has 2 atom stereocenters. The molecule has 0 bridgehead atoms. The van der Waals surface area contributed by atoms with Gasteiger partial charge < -0.3 is 10.6 Å². The number of hydrogen-bond acceptors (Lipinski definition) is 4. The Morgan fingerprint density at radius 2 is 1.95 bits per heavy atom. The van der Waals surface area contributed by atoms with Crippen molar-refractivity contribution < 1.29 is 0 Å². The highest BCUT2D eigenvalue weighted by Gasteiger charge is 2.30. The number of rotatable bonds is 2. The first-order chi connectivity index (χ1) is 9.63. The standard InChI is InChI=1S/C16H20N4/c1-11-3-5-13(6-4-11)14-9-12(2)20(10-14)15-7-8-18-16(17)19-15/h3-8,12,14H,9-10H2,1-2H3,(H2,17,18,19). The number of nitrogens with zero attached hydrogens (tertiary/aromatic N) is 3. The molecule has 1 aromatic carbocycles. The van der Waals surface area contributed by atoms with Gasteiger partial charge in [-0.15, -0.1) is 0 Å². The van der Waals surface area contributed by atoms with E-state index in [-0.39, 0.29) is 0 Å². The number of aromatic nitrogens is 2. The van der Waals surface area contributed by atoms with E-state index in [4.69, 9.17) is 5.73 Å². The van der Waals surface area contributed by atoms with Crippen LogP contribution >= 0.6 is 0 Å². The predicted octanol–water partition coefficient (Wildman–Crippen LogP) is 2.75. The highest BCUT2D eigenvalue weighted by atomic mass is 15.2. The first-order valence-corrected chi connectivity index (χ1v) is 7.05. The second-order valence-electron chi connectivity index (χ2n) is 5.62. The number of hydrogen-bond donors (Lipinski definition) is 1. The van der Waals surface area contributed by atoms with Crippen molar-refractivity contribution in [3.8, 4) is 0 Å². The van der Waals surface area contributed by atoms with Gasteiger partial charge in [-0.1, -0.05) is 29.8 Å². The third kappa shape index (κ3) is 2.46. The normalized spacial score (nSPS) is 22.2. The maximum absolute atomic E-state index is 5.69. The summed E-state index contributed by atoms with van der Waals surface area (Å²) < 4.78 is 0. The number of aryl methyl sites for hydroxylation is 1. The van der Waals surface area contributed by atoms with E-state index in [2.05, 4.69) is 53.0 Å². The van der Waals surface area contributed by atoms with E-state index in [9.17, 15) is 0 Å². The molecule has 1 saturated heterocycles. The molecule has 0 amide bonds. The van der Waals surface area contributed by atoms with E-state index in [1.165, 1.54) is 11.1 Å². The molecule has 2 heterocycles. The lowest BCUT2D eigenvalue weighted by atomic mass is 9.96. The van der Waals surface area contributed by atoms with Gasteiger partial charge in [0.25, 0.3) is 0 Å². The van der Waals surface area contributed by atoms with Crippen LogP contribution in [0.15, 0.2) is 36.5 Å². The largest absolute Gasteiger partial charge is 0.368 e. The summed E-state index contributed by atoms with van der Waals surface area (Å²) in [5.41, 5.74) is 8.40. The molecule has 0 aliphatic carbocycles. The Bertz CT molecular complexity index is 594. The fourth-order valence-corrected chi connectivity index (χ4v) is 2.95. The summed E-state index contributed by atoms with van der Waals surface area (Å²) in [6.45, 7) is 5.35. The van der Waals surface area contributed by atoms with Crippen LogP contribution in [0.5, 0.6) is 0 Å². The molecule has 1 aliphatic rings. The summed E-state index contributed by atoms with van der Waals surface area (Å²) >= 11 is 0. The Labute approximate surface area is 119 Å². The molecule has 1 aromatic heterocycles. The fraction of sp³-hybridized carbons (Fsp3) is 0.375. The Balaban J connectivity index is 1.81. The van der Waals surface area contributed by atoms with E-state index in [0.717, 1.165) is 18.8 Å². The van der Waals surface area contributed by atoms with Gasteiger partial charge in [-0.3, -0.25) is 0 Å². The maximum atomic E-state index is 5.69. The van der Waals surface area contributed by atoms with Crippen molar-refractivity contribution in [2.75, 3.05) is 17.2 Å². The van der Waals surface area contributed by atoms with Crippen LogP contribution in [0.3, 0.4) is 0 Å². The van der Waals surface area contributed by atoms with Gasteiger partial charge in [0, 0.05) is 24.7 Å². The number of nitrogens with two attached hydrogens (primary N) is 1. The van der Waals surface area contributed by atoms with E-state index < -0.39 is 0 Å². The van der Waals surface area contributed by atoms with Crippen LogP contribution in [0.2, 0.25) is 0 Å². The Morgan fingerprint density at radius 1 is 1.20 bits per heavy atom. The fourth-order valence-electron chi connectivity index (χ4n) is 2.95. The summed E-state index contributed by atoms with van der Waals surface area (Å²) in [4.78, 5) is 10.6. The quantitative estimate of drug-likeness (QED) is 0.910. The van der Waals surface area contributed by atoms with Gasteiger partial charge in [-0.05, 0) is 31.9 Å². The SMILES string of the molecule is Cc1ccc(C2CC(C)N(c3ccnc(N)n3)C2)cc1. The first kappa shape index (κ1) is 12.9. The Kier molecular flexibility index (Phi) is 3.30. The molecule has 2 aromatic rings. The van der Waals surface area contributed by atoms with Crippen LogP contribution in [-0.4, -0.2) is 22.6 Å². The minimum atomic E-state index is 0.341. The molecular formula is C16H20N4. The van der Waals surface area contributed by atoms with Gasteiger partial charge in [-0.2, -0.15) is 4.98 Å². The molecule has 104 valence electrons. The highest BCUT2D eigenvalue weighted by molar-refractivity contribution is 5.45. The van der Waals surface area contributed by atoms with Gasteiger partial charge in [0.1, 0.15) is 5.82 Å². The van der Waals surface area contributed by atoms with Crippen molar-refractivity contribution in [3.63, 3.8) is 0 Å². The van der Waals surface area contributed by atoms with Crippen LogP contribution in [0.1, 0.15) is 30.4 Å². The zero-order valence-corrected chi connectivity index (χ0v) is 12.0. The molecule has 2 unspecified atom stereocenters. The van der Waals surface area contributed by atoms with Crippen molar-refractivity contribution in [1.29, 1.82) is 0 Å². The van der Waals surface area contributed by atoms with Gasteiger partial charge >= 0.3 is 0 Å². The lowest BCUT2D eigenvalue weighted by Gasteiger charge is -2.22. The van der Waals surface area contributed by atoms with Gasteiger partial charge in [0.05, 0.1) is 0 Å². The summed E-state index contributed by atoms with van der Waals surface area (Å²) in [5, 5.41) is 0. The van der Waals surface area contributed by atoms with Gasteiger partial charge in [-0.25, -0.2) is 4.98 Å². The van der Waals surface area contributed by atoms with Crippen molar-refractivity contribution in [3.05, 3.63) is 47.7 Å². The molecule has 2 N–H and O–H groups in total. The molecule has 0 radical (unpaired) electrons. The third-order valence-corrected chi connectivity index (χ3v) is 4.08. The van der Waals surface area contributed by atoms with Gasteiger partial charge in [0.15, 0.2) is 0 Å². The maximum Gasteiger partial charge on any atom is 0.221 e. The van der Waals surface area contributed by atoms with Crippen molar-refractivity contribution in [2.45, 2.75) is 32.2 Å². The minimum absolute atomic E-state index is 0.341. The average molecular weight is 268 g/mol. The van der Waals surface area contributed by atoms with Gasteiger partial charge in [0.2, 0.25) is 5.95 Å². The number of benzene rings is 1.